The SMILES string of the molecule is C.C.C.C/C(=C/C(C)(C)C)CN(C(C)(C)C)S(C)(=O)=O. The summed E-state index contributed by atoms with van der Waals surface area (Å²) in [6, 6.07) is 0. The van der Waals surface area contributed by atoms with Crippen LogP contribution in [0.25, 0.3) is 0 Å². The van der Waals surface area contributed by atoms with Gasteiger partial charge in [0.2, 0.25) is 10.0 Å². The van der Waals surface area contributed by atoms with E-state index in [2.05, 4.69) is 26.8 Å². The fraction of sp³-hybridized carbons (Fsp3) is 0.875. The van der Waals surface area contributed by atoms with Gasteiger partial charge in [-0.3, -0.25) is 0 Å². The lowest BCUT2D eigenvalue weighted by Crippen LogP contribution is -2.45. The molecule has 0 unspecified atom stereocenters. The number of rotatable bonds is 3. The van der Waals surface area contributed by atoms with Crippen LogP contribution in [0, 0.1) is 5.41 Å². The Labute approximate surface area is 129 Å². The molecule has 0 amide bonds. The van der Waals surface area contributed by atoms with Gasteiger partial charge in [0.25, 0.3) is 0 Å². The maximum absolute atomic E-state index is 11.8. The molecule has 0 aromatic rings. The van der Waals surface area contributed by atoms with E-state index >= 15 is 0 Å². The van der Waals surface area contributed by atoms with Gasteiger partial charge in [-0.1, -0.05) is 54.7 Å². The second-order valence-electron chi connectivity index (χ2n) is 6.80. The number of sulfonamides is 1. The van der Waals surface area contributed by atoms with E-state index < -0.39 is 10.0 Å². The number of hydrogen-bond donors (Lipinski definition) is 0. The van der Waals surface area contributed by atoms with Crippen molar-refractivity contribution in [2.75, 3.05) is 12.8 Å². The van der Waals surface area contributed by atoms with Crippen molar-refractivity contribution >= 4 is 10.0 Å². The first-order valence-corrected chi connectivity index (χ1v) is 7.74. The van der Waals surface area contributed by atoms with Crippen molar-refractivity contribution in [1.82, 2.24) is 4.31 Å². The van der Waals surface area contributed by atoms with Gasteiger partial charge in [0.05, 0.1) is 6.26 Å². The zero-order valence-corrected chi connectivity index (χ0v) is 13.3. The molecule has 0 N–H and O–H groups in total. The Hall–Kier alpha value is -0.350. The number of hydrogen-bond acceptors (Lipinski definition) is 2. The molecule has 4 heteroatoms. The molecule has 126 valence electrons. The van der Waals surface area contributed by atoms with E-state index in [4.69, 9.17) is 0 Å². The van der Waals surface area contributed by atoms with Crippen molar-refractivity contribution in [2.24, 2.45) is 5.41 Å². The molecule has 0 radical (unpaired) electrons. The Kier molecular flexibility index (Phi) is 12.3. The summed E-state index contributed by atoms with van der Waals surface area (Å²) in [5, 5.41) is 0. The van der Waals surface area contributed by atoms with Gasteiger partial charge < -0.3 is 0 Å². The van der Waals surface area contributed by atoms with E-state index in [0.717, 1.165) is 5.57 Å². The lowest BCUT2D eigenvalue weighted by atomic mass is 9.93. The normalized spacial score (nSPS) is 13.2. The quantitative estimate of drug-likeness (QED) is 0.692. The molecular weight excluding hydrogens is 270 g/mol. The number of allylic oxidation sites excluding steroid dienone is 1. The van der Waals surface area contributed by atoms with Crippen molar-refractivity contribution in [3.05, 3.63) is 11.6 Å². The van der Waals surface area contributed by atoms with Crippen LogP contribution in [0.5, 0.6) is 0 Å². The highest BCUT2D eigenvalue weighted by Gasteiger charge is 2.29. The largest absolute Gasteiger partial charge is 0.212 e. The molecule has 0 rings (SSSR count). The molecule has 0 aromatic carbocycles. The van der Waals surface area contributed by atoms with Gasteiger partial charge in [0, 0.05) is 12.1 Å². The zero-order valence-electron chi connectivity index (χ0n) is 12.5. The molecule has 0 aliphatic rings. The Morgan fingerprint density at radius 1 is 1.00 bits per heavy atom. The van der Waals surface area contributed by atoms with Gasteiger partial charge in [-0.2, -0.15) is 4.31 Å². The van der Waals surface area contributed by atoms with Gasteiger partial charge >= 0.3 is 0 Å². The number of nitrogens with zero attached hydrogens (tertiary/aromatic N) is 1. The van der Waals surface area contributed by atoms with Crippen molar-refractivity contribution in [3.8, 4) is 0 Å². The van der Waals surface area contributed by atoms with Gasteiger partial charge in [-0.25, -0.2) is 8.42 Å². The monoisotopic (exact) mass is 309 g/mol. The summed E-state index contributed by atoms with van der Waals surface area (Å²) in [6.07, 6.45) is 3.39. The predicted octanol–water partition coefficient (Wildman–Crippen LogP) is 4.95. The fourth-order valence-electron chi connectivity index (χ4n) is 1.86. The Morgan fingerprint density at radius 2 is 1.35 bits per heavy atom. The van der Waals surface area contributed by atoms with Crippen LogP contribution >= 0.6 is 0 Å². The minimum atomic E-state index is -3.18. The highest BCUT2D eigenvalue weighted by Crippen LogP contribution is 2.22. The minimum absolute atomic E-state index is 0. The first-order chi connectivity index (χ1) is 7.23. The lowest BCUT2D eigenvalue weighted by Gasteiger charge is -2.34. The molecule has 0 heterocycles. The third kappa shape index (κ3) is 11.5. The minimum Gasteiger partial charge on any atom is -0.212 e. The van der Waals surface area contributed by atoms with E-state index in [9.17, 15) is 8.42 Å². The maximum Gasteiger partial charge on any atom is 0.211 e. The highest BCUT2D eigenvalue weighted by molar-refractivity contribution is 7.88. The standard InChI is InChI=1S/C13H27NO2S.3CH4/c1-11(9-12(2,3)4)10-14(13(5,6)7)17(8,15)16;;;/h9H,10H2,1-8H3;3*1H4/b11-9-;;;. The van der Waals surface area contributed by atoms with Crippen LogP contribution in [-0.2, 0) is 10.0 Å². The van der Waals surface area contributed by atoms with E-state index in [-0.39, 0.29) is 33.2 Å². The first kappa shape index (κ1) is 27.9. The van der Waals surface area contributed by atoms with E-state index in [1.54, 1.807) is 0 Å². The molecule has 0 saturated carbocycles. The van der Waals surface area contributed by atoms with Gasteiger partial charge in [0.1, 0.15) is 0 Å². The third-order valence-corrected chi connectivity index (χ3v) is 3.70. The topological polar surface area (TPSA) is 37.4 Å². The molecule has 3 nitrogen and oxygen atoms in total. The Morgan fingerprint density at radius 3 is 1.55 bits per heavy atom. The van der Waals surface area contributed by atoms with Crippen molar-refractivity contribution in [3.63, 3.8) is 0 Å². The highest BCUT2D eigenvalue weighted by atomic mass is 32.2. The molecule has 0 aliphatic heterocycles. The van der Waals surface area contributed by atoms with Gasteiger partial charge in [-0.05, 0) is 33.1 Å². The van der Waals surface area contributed by atoms with Crippen LogP contribution in [0.4, 0.5) is 0 Å². The summed E-state index contributed by atoms with van der Waals surface area (Å²) < 4.78 is 25.1. The summed E-state index contributed by atoms with van der Waals surface area (Å²) in [7, 11) is -3.18. The molecule has 20 heavy (non-hydrogen) atoms. The van der Waals surface area contributed by atoms with E-state index in [1.807, 2.05) is 27.7 Å². The smallest absolute Gasteiger partial charge is 0.211 e. The Balaban J connectivity index is -0.000000427. The fourth-order valence-corrected chi connectivity index (χ4v) is 3.30. The summed E-state index contributed by atoms with van der Waals surface area (Å²) in [6.45, 7) is 14.5. The van der Waals surface area contributed by atoms with Crippen LogP contribution in [0.1, 0.15) is 70.7 Å². The lowest BCUT2D eigenvalue weighted by molar-refractivity contribution is 0.266. The van der Waals surface area contributed by atoms with Gasteiger partial charge in [0.15, 0.2) is 0 Å². The second-order valence-corrected chi connectivity index (χ2v) is 8.70. The summed E-state index contributed by atoms with van der Waals surface area (Å²) in [5.41, 5.74) is 0.768. The second kappa shape index (κ2) is 8.83. The van der Waals surface area contributed by atoms with Crippen molar-refractivity contribution in [2.45, 2.75) is 76.3 Å². The average molecular weight is 310 g/mol. The van der Waals surface area contributed by atoms with Gasteiger partial charge in [-0.15, -0.1) is 0 Å². The van der Waals surface area contributed by atoms with Crippen LogP contribution < -0.4 is 0 Å². The molecule has 0 bridgehead atoms. The summed E-state index contributed by atoms with van der Waals surface area (Å²) in [5.74, 6) is 0. The maximum atomic E-state index is 11.8. The predicted molar refractivity (Wildman–Crippen MR) is 94.7 cm³/mol. The molecule has 0 fully saturated rings. The van der Waals surface area contributed by atoms with Crippen LogP contribution in [0.3, 0.4) is 0 Å². The molecule has 0 atom stereocenters. The van der Waals surface area contributed by atoms with E-state index in [0.29, 0.717) is 6.54 Å². The van der Waals surface area contributed by atoms with Crippen LogP contribution in [-0.4, -0.2) is 31.1 Å². The van der Waals surface area contributed by atoms with Crippen molar-refractivity contribution < 1.29 is 8.42 Å². The van der Waals surface area contributed by atoms with Crippen molar-refractivity contribution in [1.29, 1.82) is 0 Å². The molecule has 0 saturated heterocycles. The summed E-state index contributed by atoms with van der Waals surface area (Å²) >= 11 is 0. The van der Waals surface area contributed by atoms with E-state index in [1.165, 1.54) is 10.6 Å². The zero-order chi connectivity index (χ0) is 14.1. The van der Waals surface area contributed by atoms with Crippen LogP contribution in [0.15, 0.2) is 11.6 Å². The average Bonchev–Trinajstić information content (AvgIpc) is 1.91. The molecular formula is C16H39NO2S. The summed E-state index contributed by atoms with van der Waals surface area (Å²) in [4.78, 5) is 0. The molecule has 0 spiro atoms. The first-order valence-electron chi connectivity index (χ1n) is 5.89. The Bertz CT molecular complexity index is 382. The molecule has 0 aromatic heterocycles. The third-order valence-electron chi connectivity index (χ3n) is 2.22. The molecule has 0 aliphatic carbocycles. The van der Waals surface area contributed by atoms with Crippen LogP contribution in [0.2, 0.25) is 0 Å².